The summed E-state index contributed by atoms with van der Waals surface area (Å²) < 4.78 is 35.7. The van der Waals surface area contributed by atoms with E-state index in [2.05, 4.69) is 0 Å². The summed E-state index contributed by atoms with van der Waals surface area (Å²) in [6.07, 6.45) is 0.143. The lowest BCUT2D eigenvalue weighted by atomic mass is 10.1. The first-order valence-corrected chi connectivity index (χ1v) is 8.31. The number of carbonyl (C=O) groups excluding carboxylic acids is 1. The molecule has 1 aliphatic heterocycles. The molecular weight excluding hydrogens is 386 g/mol. The topological polar surface area (TPSA) is 80.5 Å². The Kier molecular flexibility index (Phi) is 4.11. The van der Waals surface area contributed by atoms with Gasteiger partial charge in [-0.25, -0.2) is 17.9 Å². The summed E-state index contributed by atoms with van der Waals surface area (Å²) in [7, 11) is -3.59. The Morgan fingerprint density at radius 1 is 1.47 bits per heavy atom. The van der Waals surface area contributed by atoms with Crippen molar-refractivity contribution in [1.29, 1.82) is 0 Å². The van der Waals surface area contributed by atoms with Crippen LogP contribution in [0.25, 0.3) is 0 Å². The maximum Gasteiger partial charge on any atom is 0.227 e. The van der Waals surface area contributed by atoms with Gasteiger partial charge in [0.1, 0.15) is 5.82 Å². The van der Waals surface area contributed by atoms with E-state index in [1.54, 1.807) is 0 Å². The van der Waals surface area contributed by atoms with Crippen molar-refractivity contribution in [1.82, 2.24) is 0 Å². The van der Waals surface area contributed by atoms with Crippen LogP contribution in [-0.4, -0.2) is 26.6 Å². The van der Waals surface area contributed by atoms with E-state index in [0.29, 0.717) is 9.26 Å². The first kappa shape index (κ1) is 14.7. The first-order chi connectivity index (χ1) is 8.76. The van der Waals surface area contributed by atoms with Crippen molar-refractivity contribution in [3.63, 3.8) is 0 Å². The highest BCUT2D eigenvalue weighted by Crippen LogP contribution is 2.29. The molecule has 1 unspecified atom stereocenters. The SMILES string of the molecule is NS(=O)(=O)CC1CC(=O)N(c2ccc(F)cc2I)C1. The van der Waals surface area contributed by atoms with Crippen molar-refractivity contribution >= 4 is 44.2 Å². The molecule has 0 bridgehead atoms. The molecule has 2 rings (SSSR count). The average molecular weight is 398 g/mol. The van der Waals surface area contributed by atoms with Crippen LogP contribution < -0.4 is 10.0 Å². The Balaban J connectivity index is 2.20. The summed E-state index contributed by atoms with van der Waals surface area (Å²) in [5.74, 6) is -1.07. The standard InChI is InChI=1S/C11H12FIN2O3S/c12-8-1-2-10(9(13)4-8)15-5-7(3-11(15)16)6-19(14,17)18/h1-2,4,7H,3,5-6H2,(H2,14,17,18). The molecule has 104 valence electrons. The fourth-order valence-corrected chi connectivity index (χ4v) is 3.80. The van der Waals surface area contributed by atoms with E-state index in [1.807, 2.05) is 22.6 Å². The van der Waals surface area contributed by atoms with Crippen LogP contribution in [0.5, 0.6) is 0 Å². The molecule has 1 saturated heterocycles. The van der Waals surface area contributed by atoms with Gasteiger partial charge < -0.3 is 4.90 Å². The Morgan fingerprint density at radius 3 is 2.74 bits per heavy atom. The highest BCUT2D eigenvalue weighted by molar-refractivity contribution is 14.1. The summed E-state index contributed by atoms with van der Waals surface area (Å²) >= 11 is 1.94. The lowest BCUT2D eigenvalue weighted by Gasteiger charge is -2.18. The van der Waals surface area contributed by atoms with Gasteiger partial charge in [0.15, 0.2) is 0 Å². The maximum absolute atomic E-state index is 13.0. The minimum absolute atomic E-state index is 0.143. The van der Waals surface area contributed by atoms with E-state index < -0.39 is 10.0 Å². The average Bonchev–Trinajstić information content (AvgIpc) is 2.56. The highest BCUT2D eigenvalue weighted by atomic mass is 127. The number of hydrogen-bond donors (Lipinski definition) is 1. The van der Waals surface area contributed by atoms with Crippen LogP contribution in [0.4, 0.5) is 10.1 Å². The minimum Gasteiger partial charge on any atom is -0.311 e. The number of anilines is 1. The van der Waals surface area contributed by atoms with Gasteiger partial charge in [0.25, 0.3) is 0 Å². The van der Waals surface area contributed by atoms with Crippen LogP contribution in [0.1, 0.15) is 6.42 Å². The van der Waals surface area contributed by atoms with Crippen molar-refractivity contribution < 1.29 is 17.6 Å². The van der Waals surface area contributed by atoms with Gasteiger partial charge in [-0.2, -0.15) is 0 Å². The fraction of sp³-hybridized carbons (Fsp3) is 0.364. The van der Waals surface area contributed by atoms with E-state index in [0.717, 1.165) is 0 Å². The van der Waals surface area contributed by atoms with Crippen molar-refractivity contribution in [2.24, 2.45) is 11.1 Å². The van der Waals surface area contributed by atoms with Gasteiger partial charge in [0.2, 0.25) is 15.9 Å². The smallest absolute Gasteiger partial charge is 0.227 e. The van der Waals surface area contributed by atoms with Crippen LogP contribution in [-0.2, 0) is 14.8 Å². The number of nitrogens with zero attached hydrogens (tertiary/aromatic N) is 1. The Labute approximate surface area is 124 Å². The van der Waals surface area contributed by atoms with Crippen LogP contribution in [0.15, 0.2) is 18.2 Å². The largest absolute Gasteiger partial charge is 0.311 e. The van der Waals surface area contributed by atoms with Gasteiger partial charge in [-0.05, 0) is 40.8 Å². The second-order valence-corrected chi connectivity index (χ2v) is 7.32. The molecule has 1 atom stereocenters. The molecule has 2 N–H and O–H groups in total. The monoisotopic (exact) mass is 398 g/mol. The Hall–Kier alpha value is -0.740. The predicted octanol–water partition coefficient (Wildman–Crippen LogP) is 1.07. The number of halogens is 2. The lowest BCUT2D eigenvalue weighted by molar-refractivity contribution is -0.117. The third-order valence-corrected chi connectivity index (χ3v) is 4.67. The summed E-state index contributed by atoms with van der Waals surface area (Å²) in [6, 6.07) is 4.13. The number of sulfonamides is 1. The molecular formula is C11H12FIN2O3S. The first-order valence-electron chi connectivity index (χ1n) is 5.52. The summed E-state index contributed by atoms with van der Waals surface area (Å²) in [4.78, 5) is 13.4. The van der Waals surface area contributed by atoms with Crippen molar-refractivity contribution in [3.8, 4) is 0 Å². The van der Waals surface area contributed by atoms with Crippen LogP contribution in [0, 0.1) is 15.3 Å². The number of benzene rings is 1. The summed E-state index contributed by atoms with van der Waals surface area (Å²) in [5, 5.41) is 4.99. The number of nitrogens with two attached hydrogens (primary N) is 1. The molecule has 0 aliphatic carbocycles. The van der Waals surface area contributed by atoms with E-state index in [4.69, 9.17) is 5.14 Å². The Morgan fingerprint density at radius 2 is 2.16 bits per heavy atom. The van der Waals surface area contributed by atoms with Crippen molar-refractivity contribution in [3.05, 3.63) is 27.6 Å². The number of primary sulfonamides is 1. The van der Waals surface area contributed by atoms with E-state index in [9.17, 15) is 17.6 Å². The predicted molar refractivity (Wildman–Crippen MR) is 77.6 cm³/mol. The zero-order valence-electron chi connectivity index (χ0n) is 9.84. The third kappa shape index (κ3) is 3.63. The molecule has 1 fully saturated rings. The summed E-state index contributed by atoms with van der Waals surface area (Å²) in [6.45, 7) is 0.289. The molecule has 0 spiro atoms. The zero-order valence-corrected chi connectivity index (χ0v) is 12.8. The third-order valence-electron chi connectivity index (χ3n) is 2.87. The fourth-order valence-electron chi connectivity index (χ4n) is 2.15. The number of amides is 1. The molecule has 0 saturated carbocycles. The molecule has 1 aliphatic rings. The quantitative estimate of drug-likeness (QED) is 0.774. The molecule has 19 heavy (non-hydrogen) atoms. The van der Waals surface area contributed by atoms with Crippen LogP contribution in [0.2, 0.25) is 0 Å². The molecule has 1 aromatic rings. The molecule has 5 nitrogen and oxygen atoms in total. The number of rotatable bonds is 3. The van der Waals surface area contributed by atoms with Crippen molar-refractivity contribution in [2.45, 2.75) is 6.42 Å². The number of hydrogen-bond acceptors (Lipinski definition) is 3. The number of carbonyl (C=O) groups is 1. The normalized spacial score (nSPS) is 20.1. The maximum atomic E-state index is 13.0. The van der Waals surface area contributed by atoms with Crippen LogP contribution in [0.3, 0.4) is 0 Å². The van der Waals surface area contributed by atoms with Gasteiger partial charge >= 0.3 is 0 Å². The van der Waals surface area contributed by atoms with E-state index in [-0.39, 0.29) is 36.4 Å². The van der Waals surface area contributed by atoms with Crippen molar-refractivity contribution in [2.75, 3.05) is 17.2 Å². The van der Waals surface area contributed by atoms with Gasteiger partial charge in [-0.1, -0.05) is 0 Å². The Bertz CT molecular complexity index is 620. The molecule has 1 aromatic carbocycles. The minimum atomic E-state index is -3.59. The molecule has 8 heteroatoms. The highest BCUT2D eigenvalue weighted by Gasteiger charge is 2.33. The zero-order chi connectivity index (χ0) is 14.2. The molecule has 1 heterocycles. The van der Waals surface area contributed by atoms with E-state index >= 15 is 0 Å². The molecule has 0 radical (unpaired) electrons. The second-order valence-electron chi connectivity index (χ2n) is 4.50. The van der Waals surface area contributed by atoms with Gasteiger partial charge in [-0.3, -0.25) is 4.79 Å². The van der Waals surface area contributed by atoms with Crippen LogP contribution >= 0.6 is 22.6 Å². The second kappa shape index (κ2) is 5.33. The van der Waals surface area contributed by atoms with Gasteiger partial charge in [0.05, 0.1) is 11.4 Å². The molecule has 0 aromatic heterocycles. The lowest BCUT2D eigenvalue weighted by Crippen LogP contribution is -2.28. The summed E-state index contributed by atoms with van der Waals surface area (Å²) in [5.41, 5.74) is 0.601. The van der Waals surface area contributed by atoms with E-state index in [1.165, 1.54) is 23.1 Å². The van der Waals surface area contributed by atoms with Gasteiger partial charge in [0, 0.05) is 22.5 Å². The molecule has 1 amide bonds. The van der Waals surface area contributed by atoms with Gasteiger partial charge in [-0.15, -0.1) is 0 Å².